The second kappa shape index (κ2) is 10.8. The molecule has 7 nitrogen and oxygen atoms in total. The summed E-state index contributed by atoms with van der Waals surface area (Å²) in [5.74, 6) is 1.38. The van der Waals surface area contributed by atoms with E-state index in [0.29, 0.717) is 24.4 Å². The minimum absolute atomic E-state index is 0.0699. The normalized spacial score (nSPS) is 15.5. The van der Waals surface area contributed by atoms with Crippen molar-refractivity contribution >= 4 is 17.3 Å². The van der Waals surface area contributed by atoms with Crippen molar-refractivity contribution in [3.05, 3.63) is 48.5 Å². The Bertz CT molecular complexity index is 822. The zero-order chi connectivity index (χ0) is 21.3. The Balaban J connectivity index is 1.47. The molecular weight excluding hydrogens is 382 g/mol. The number of benzene rings is 2. The van der Waals surface area contributed by atoms with E-state index in [-0.39, 0.29) is 12.5 Å². The number of piperazine rings is 1. The summed E-state index contributed by atoms with van der Waals surface area (Å²) < 4.78 is 11.3. The van der Waals surface area contributed by atoms with Crippen LogP contribution in [0.1, 0.15) is 13.3 Å². The van der Waals surface area contributed by atoms with Crippen molar-refractivity contribution < 1.29 is 19.4 Å². The van der Waals surface area contributed by atoms with Gasteiger partial charge in [-0.2, -0.15) is 0 Å². The van der Waals surface area contributed by atoms with Gasteiger partial charge >= 0.3 is 0 Å². The second-order valence-electron chi connectivity index (χ2n) is 7.32. The van der Waals surface area contributed by atoms with Gasteiger partial charge in [-0.05, 0) is 24.3 Å². The number of nitrogens with zero attached hydrogens (tertiary/aromatic N) is 2. The molecule has 1 aliphatic heterocycles. The van der Waals surface area contributed by atoms with Crippen LogP contribution < -0.4 is 19.7 Å². The minimum Gasteiger partial charge on any atom is -0.495 e. The van der Waals surface area contributed by atoms with Crippen molar-refractivity contribution in [1.82, 2.24) is 4.90 Å². The molecule has 0 bridgehead atoms. The average molecular weight is 414 g/mol. The van der Waals surface area contributed by atoms with Gasteiger partial charge in [-0.1, -0.05) is 31.2 Å². The number of hydrogen-bond acceptors (Lipinski definition) is 6. The van der Waals surface area contributed by atoms with Gasteiger partial charge in [-0.3, -0.25) is 9.69 Å². The standard InChI is InChI=1S/C23H31N3O4/c1-3-23(28)24-19-8-4-6-10-21(19)30-17-18(27)16-25-12-14-26(15-13-25)20-9-5-7-11-22(20)29-2/h4-11,18,27H,3,12-17H2,1-2H3,(H,24,28). The molecule has 0 spiro atoms. The third kappa shape index (κ3) is 5.87. The summed E-state index contributed by atoms with van der Waals surface area (Å²) in [7, 11) is 1.69. The molecule has 1 amide bonds. The van der Waals surface area contributed by atoms with E-state index in [4.69, 9.17) is 9.47 Å². The van der Waals surface area contributed by atoms with Gasteiger partial charge < -0.3 is 24.8 Å². The molecule has 2 N–H and O–H groups in total. The number of aliphatic hydroxyl groups is 1. The molecule has 2 aromatic carbocycles. The minimum atomic E-state index is -0.613. The highest BCUT2D eigenvalue weighted by Crippen LogP contribution is 2.28. The Morgan fingerprint density at radius 1 is 1.07 bits per heavy atom. The van der Waals surface area contributed by atoms with Gasteiger partial charge in [0.05, 0.1) is 18.5 Å². The lowest BCUT2D eigenvalue weighted by Crippen LogP contribution is -2.49. The van der Waals surface area contributed by atoms with E-state index in [0.717, 1.165) is 37.6 Å². The van der Waals surface area contributed by atoms with Crippen LogP contribution in [-0.4, -0.2) is 68.5 Å². The summed E-state index contributed by atoms with van der Waals surface area (Å²) in [6.07, 6.45) is -0.213. The smallest absolute Gasteiger partial charge is 0.224 e. The number of para-hydroxylation sites is 4. The van der Waals surface area contributed by atoms with E-state index in [1.807, 2.05) is 30.3 Å². The van der Waals surface area contributed by atoms with Crippen molar-refractivity contribution in [3.8, 4) is 11.5 Å². The van der Waals surface area contributed by atoms with Crippen LogP contribution in [0.5, 0.6) is 11.5 Å². The Hall–Kier alpha value is -2.77. The van der Waals surface area contributed by atoms with Gasteiger partial charge in [0.25, 0.3) is 0 Å². The third-order valence-corrected chi connectivity index (χ3v) is 5.18. The summed E-state index contributed by atoms with van der Waals surface area (Å²) in [5, 5.41) is 13.3. The molecule has 0 saturated carbocycles. The van der Waals surface area contributed by atoms with Gasteiger partial charge in [0.2, 0.25) is 5.91 Å². The van der Waals surface area contributed by atoms with Crippen LogP contribution in [0.2, 0.25) is 0 Å². The molecule has 1 atom stereocenters. The molecule has 3 rings (SSSR count). The third-order valence-electron chi connectivity index (χ3n) is 5.18. The quantitative estimate of drug-likeness (QED) is 0.658. The molecule has 0 aromatic heterocycles. The largest absolute Gasteiger partial charge is 0.495 e. The van der Waals surface area contributed by atoms with Crippen LogP contribution in [0.15, 0.2) is 48.5 Å². The fraction of sp³-hybridized carbons (Fsp3) is 0.435. The van der Waals surface area contributed by atoms with Gasteiger partial charge in [0.1, 0.15) is 24.2 Å². The topological polar surface area (TPSA) is 74.3 Å². The van der Waals surface area contributed by atoms with Gasteiger partial charge in [0, 0.05) is 39.1 Å². The van der Waals surface area contributed by atoms with E-state index in [9.17, 15) is 9.90 Å². The average Bonchev–Trinajstić information content (AvgIpc) is 2.79. The second-order valence-corrected chi connectivity index (χ2v) is 7.32. The number of β-amino-alcohol motifs (C(OH)–C–C–N with tert-alkyl or cyclic N) is 1. The maximum atomic E-state index is 11.7. The SMILES string of the molecule is CCC(=O)Nc1ccccc1OCC(O)CN1CCN(c2ccccc2OC)CC1. The number of nitrogens with one attached hydrogen (secondary N) is 1. The monoisotopic (exact) mass is 413 g/mol. The Morgan fingerprint density at radius 2 is 1.73 bits per heavy atom. The molecule has 0 aliphatic carbocycles. The number of rotatable bonds is 9. The number of amides is 1. The van der Waals surface area contributed by atoms with E-state index in [1.54, 1.807) is 26.2 Å². The highest BCUT2D eigenvalue weighted by Gasteiger charge is 2.21. The number of carbonyl (C=O) groups excluding carboxylic acids is 1. The molecule has 1 aliphatic rings. The van der Waals surface area contributed by atoms with E-state index in [2.05, 4.69) is 21.2 Å². The lowest BCUT2D eigenvalue weighted by Gasteiger charge is -2.37. The van der Waals surface area contributed by atoms with Crippen LogP contribution in [0, 0.1) is 0 Å². The van der Waals surface area contributed by atoms with Crippen molar-refractivity contribution in [3.63, 3.8) is 0 Å². The molecule has 7 heteroatoms. The maximum Gasteiger partial charge on any atom is 0.224 e. The first-order chi connectivity index (χ1) is 14.6. The van der Waals surface area contributed by atoms with Crippen LogP contribution >= 0.6 is 0 Å². The Labute approximate surface area is 178 Å². The molecule has 1 heterocycles. The zero-order valence-corrected chi connectivity index (χ0v) is 17.7. The first-order valence-corrected chi connectivity index (χ1v) is 10.4. The number of methoxy groups -OCH3 is 1. The number of carbonyl (C=O) groups is 1. The molecule has 30 heavy (non-hydrogen) atoms. The predicted octanol–water partition coefficient (Wildman–Crippen LogP) is 2.61. The number of aliphatic hydroxyl groups excluding tert-OH is 1. The lowest BCUT2D eigenvalue weighted by molar-refractivity contribution is -0.115. The summed E-state index contributed by atoms with van der Waals surface area (Å²) in [5.41, 5.74) is 1.73. The van der Waals surface area contributed by atoms with Crippen LogP contribution in [0.3, 0.4) is 0 Å². The highest BCUT2D eigenvalue weighted by molar-refractivity contribution is 5.91. The van der Waals surface area contributed by atoms with Gasteiger partial charge in [-0.15, -0.1) is 0 Å². The fourth-order valence-electron chi connectivity index (χ4n) is 3.53. The maximum absolute atomic E-state index is 11.7. The van der Waals surface area contributed by atoms with Crippen LogP contribution in [0.25, 0.3) is 0 Å². The lowest BCUT2D eigenvalue weighted by atomic mass is 10.2. The number of anilines is 2. The number of hydrogen-bond donors (Lipinski definition) is 2. The fourth-order valence-corrected chi connectivity index (χ4v) is 3.53. The van der Waals surface area contributed by atoms with Crippen molar-refractivity contribution in [2.45, 2.75) is 19.4 Å². The predicted molar refractivity (Wildman–Crippen MR) is 119 cm³/mol. The molecule has 1 unspecified atom stereocenters. The molecule has 1 saturated heterocycles. The summed E-state index contributed by atoms with van der Waals surface area (Å²) in [6.45, 7) is 5.99. The van der Waals surface area contributed by atoms with Gasteiger partial charge in [-0.25, -0.2) is 0 Å². The van der Waals surface area contributed by atoms with E-state index < -0.39 is 6.10 Å². The van der Waals surface area contributed by atoms with E-state index in [1.165, 1.54) is 0 Å². The molecule has 2 aromatic rings. The number of ether oxygens (including phenoxy) is 2. The summed E-state index contributed by atoms with van der Waals surface area (Å²) >= 11 is 0. The Kier molecular flexibility index (Phi) is 7.93. The van der Waals surface area contributed by atoms with Crippen molar-refractivity contribution in [1.29, 1.82) is 0 Å². The van der Waals surface area contributed by atoms with E-state index >= 15 is 0 Å². The zero-order valence-electron chi connectivity index (χ0n) is 17.7. The first-order valence-electron chi connectivity index (χ1n) is 10.4. The molecule has 0 radical (unpaired) electrons. The first kappa shape index (κ1) is 21.9. The van der Waals surface area contributed by atoms with Crippen molar-refractivity contribution in [2.75, 3.05) is 56.7 Å². The molecule has 162 valence electrons. The highest BCUT2D eigenvalue weighted by atomic mass is 16.5. The summed E-state index contributed by atoms with van der Waals surface area (Å²) in [4.78, 5) is 16.2. The van der Waals surface area contributed by atoms with Gasteiger partial charge in [0.15, 0.2) is 0 Å². The van der Waals surface area contributed by atoms with Crippen LogP contribution in [0.4, 0.5) is 11.4 Å². The molecular formula is C23H31N3O4. The Morgan fingerprint density at radius 3 is 2.43 bits per heavy atom. The van der Waals surface area contributed by atoms with Crippen molar-refractivity contribution in [2.24, 2.45) is 0 Å². The molecule has 1 fully saturated rings. The van der Waals surface area contributed by atoms with Crippen LogP contribution in [-0.2, 0) is 4.79 Å². The summed E-state index contributed by atoms with van der Waals surface area (Å²) in [6, 6.07) is 15.3.